The van der Waals surface area contributed by atoms with Gasteiger partial charge in [0, 0.05) is 26.3 Å². The number of carbonyl (C=O) groups excluding carboxylic acids is 2. The average Bonchev–Trinajstić information content (AvgIpc) is 3.35. The third kappa shape index (κ3) is 4.59. The predicted molar refractivity (Wildman–Crippen MR) is 108 cm³/mol. The van der Waals surface area contributed by atoms with Crippen molar-refractivity contribution in [3.63, 3.8) is 0 Å². The van der Waals surface area contributed by atoms with E-state index in [4.69, 9.17) is 4.74 Å². The second-order valence-electron chi connectivity index (χ2n) is 7.36. The van der Waals surface area contributed by atoms with E-state index >= 15 is 0 Å². The molecule has 0 saturated carbocycles. The Bertz CT molecular complexity index is 868. The van der Waals surface area contributed by atoms with E-state index in [2.05, 4.69) is 23.3 Å². The van der Waals surface area contributed by atoms with Crippen molar-refractivity contribution >= 4 is 23.3 Å². The molecule has 3 rings (SSSR count). The molecule has 1 saturated heterocycles. The van der Waals surface area contributed by atoms with E-state index in [1.807, 2.05) is 31.2 Å². The highest BCUT2D eigenvalue weighted by Gasteiger charge is 2.26. The van der Waals surface area contributed by atoms with Crippen LogP contribution in [0.4, 0.5) is 5.82 Å². The number of hydrogen-bond donors (Lipinski definition) is 1. The van der Waals surface area contributed by atoms with Crippen LogP contribution in [0.15, 0.2) is 36.5 Å². The molecule has 1 fully saturated rings. The van der Waals surface area contributed by atoms with Crippen molar-refractivity contribution in [1.29, 1.82) is 0 Å². The molecule has 3 heterocycles. The Morgan fingerprint density at radius 3 is 3.00 bits per heavy atom. The lowest BCUT2D eigenvalue weighted by atomic mass is 10.0. The number of likely N-dealkylation sites (N-methyl/N-ethyl adjacent to an activating group) is 1. The monoisotopic (exact) mass is 384 g/mol. The third-order valence-corrected chi connectivity index (χ3v) is 5.06. The summed E-state index contributed by atoms with van der Waals surface area (Å²) < 4.78 is 7.12. The molecule has 2 atom stereocenters. The number of fused-ring (bicyclic) bond motifs is 1. The van der Waals surface area contributed by atoms with Gasteiger partial charge in [0.15, 0.2) is 0 Å². The quantitative estimate of drug-likeness (QED) is 0.744. The van der Waals surface area contributed by atoms with Crippen LogP contribution >= 0.6 is 0 Å². The summed E-state index contributed by atoms with van der Waals surface area (Å²) in [5, 5.41) is 2.94. The zero-order valence-corrected chi connectivity index (χ0v) is 16.7. The molecule has 2 aromatic rings. The van der Waals surface area contributed by atoms with Gasteiger partial charge in [-0.3, -0.25) is 14.0 Å². The van der Waals surface area contributed by atoms with Crippen LogP contribution in [0.2, 0.25) is 0 Å². The lowest BCUT2D eigenvalue weighted by Gasteiger charge is -2.21. The van der Waals surface area contributed by atoms with Gasteiger partial charge in [-0.15, -0.1) is 0 Å². The molecule has 28 heavy (non-hydrogen) atoms. The van der Waals surface area contributed by atoms with Gasteiger partial charge in [-0.25, -0.2) is 4.98 Å². The van der Waals surface area contributed by atoms with Crippen molar-refractivity contribution in [2.75, 3.05) is 25.6 Å². The van der Waals surface area contributed by atoms with Gasteiger partial charge in [0.1, 0.15) is 17.2 Å². The van der Waals surface area contributed by atoms with Crippen LogP contribution in [-0.4, -0.2) is 52.4 Å². The van der Waals surface area contributed by atoms with E-state index in [0.29, 0.717) is 36.8 Å². The first-order valence-corrected chi connectivity index (χ1v) is 9.73. The molecule has 1 aliphatic rings. The number of amides is 2. The highest BCUT2D eigenvalue weighted by molar-refractivity contribution is 5.94. The third-order valence-electron chi connectivity index (χ3n) is 5.06. The number of nitrogens with one attached hydrogen (secondary N) is 1. The van der Waals surface area contributed by atoms with Crippen LogP contribution in [-0.2, 0) is 9.53 Å². The maximum absolute atomic E-state index is 12.8. The van der Waals surface area contributed by atoms with Crippen molar-refractivity contribution in [1.82, 2.24) is 14.3 Å². The number of hydrogen-bond acceptors (Lipinski definition) is 4. The van der Waals surface area contributed by atoms with Gasteiger partial charge in [-0.05, 0) is 37.8 Å². The maximum Gasteiger partial charge on any atom is 0.274 e. The van der Waals surface area contributed by atoms with Gasteiger partial charge in [0.2, 0.25) is 5.91 Å². The van der Waals surface area contributed by atoms with Gasteiger partial charge < -0.3 is 15.0 Å². The van der Waals surface area contributed by atoms with Gasteiger partial charge in [-0.1, -0.05) is 25.1 Å². The number of allylic oxidation sites excluding steroid dienone is 2. The summed E-state index contributed by atoms with van der Waals surface area (Å²) in [4.78, 5) is 31.3. The summed E-state index contributed by atoms with van der Waals surface area (Å²) in [5.74, 6) is 0.680. The molecule has 0 aromatic carbocycles. The predicted octanol–water partition coefficient (Wildman–Crippen LogP) is 3.13. The Kier molecular flexibility index (Phi) is 6.46. The summed E-state index contributed by atoms with van der Waals surface area (Å²) in [7, 11) is 1.78. The molecular formula is C21H28N4O3. The van der Waals surface area contributed by atoms with E-state index in [-0.39, 0.29) is 23.8 Å². The van der Waals surface area contributed by atoms with Crippen LogP contribution in [0.3, 0.4) is 0 Å². The van der Waals surface area contributed by atoms with E-state index < -0.39 is 0 Å². The number of aromatic nitrogens is 2. The fourth-order valence-electron chi connectivity index (χ4n) is 3.35. The topological polar surface area (TPSA) is 75.9 Å². The number of pyridine rings is 1. The summed E-state index contributed by atoms with van der Waals surface area (Å²) >= 11 is 0. The smallest absolute Gasteiger partial charge is 0.274 e. The zero-order valence-electron chi connectivity index (χ0n) is 16.7. The molecule has 7 heteroatoms. The molecule has 2 aromatic heterocycles. The minimum atomic E-state index is -0.142. The largest absolute Gasteiger partial charge is 0.379 e. The normalized spacial score (nSPS) is 17.9. The minimum Gasteiger partial charge on any atom is -0.379 e. The molecule has 2 unspecified atom stereocenters. The molecule has 1 aliphatic heterocycles. The van der Waals surface area contributed by atoms with Gasteiger partial charge in [0.05, 0.1) is 12.6 Å². The van der Waals surface area contributed by atoms with Crippen molar-refractivity contribution < 1.29 is 14.3 Å². The summed E-state index contributed by atoms with van der Waals surface area (Å²) in [6.07, 6.45) is 7.89. The summed E-state index contributed by atoms with van der Waals surface area (Å²) in [5.41, 5.74) is 0.983. The average molecular weight is 384 g/mol. The number of rotatable bonds is 7. The molecule has 150 valence electrons. The Morgan fingerprint density at radius 2 is 2.29 bits per heavy atom. The molecule has 0 bridgehead atoms. The van der Waals surface area contributed by atoms with E-state index in [9.17, 15) is 9.59 Å². The summed E-state index contributed by atoms with van der Waals surface area (Å²) in [6, 6.07) is 5.53. The molecule has 7 nitrogen and oxygen atoms in total. The number of carbonyl (C=O) groups is 2. The first-order valence-electron chi connectivity index (χ1n) is 9.73. The van der Waals surface area contributed by atoms with Crippen LogP contribution < -0.4 is 5.32 Å². The lowest BCUT2D eigenvalue weighted by Crippen LogP contribution is -2.37. The molecular weight excluding hydrogens is 356 g/mol. The first-order chi connectivity index (χ1) is 13.5. The van der Waals surface area contributed by atoms with Crippen molar-refractivity contribution in [2.24, 2.45) is 5.92 Å². The van der Waals surface area contributed by atoms with Crippen LogP contribution in [0.1, 0.15) is 43.6 Å². The molecule has 0 spiro atoms. The van der Waals surface area contributed by atoms with Gasteiger partial charge in [-0.2, -0.15) is 0 Å². The number of nitrogens with zero attached hydrogens (tertiary/aromatic N) is 3. The Labute approximate surface area is 165 Å². The van der Waals surface area contributed by atoms with Crippen molar-refractivity contribution in [2.45, 2.75) is 39.2 Å². The Balaban J connectivity index is 1.74. The SMILES string of the molecule is C/C=C\CC(C)CC(=O)Nc1cccc2nc(C(=O)N(C)C3CCOC3)cn12. The number of anilines is 1. The lowest BCUT2D eigenvalue weighted by molar-refractivity contribution is -0.117. The molecule has 1 N–H and O–H groups in total. The van der Waals surface area contributed by atoms with Gasteiger partial charge in [0.25, 0.3) is 5.91 Å². The Morgan fingerprint density at radius 1 is 1.46 bits per heavy atom. The van der Waals surface area contributed by atoms with E-state index in [1.165, 1.54) is 0 Å². The van der Waals surface area contributed by atoms with Crippen molar-refractivity contribution in [3.05, 3.63) is 42.2 Å². The molecule has 0 aliphatic carbocycles. The first kappa shape index (κ1) is 20.1. The molecule has 0 radical (unpaired) electrons. The highest BCUT2D eigenvalue weighted by Crippen LogP contribution is 2.18. The van der Waals surface area contributed by atoms with Gasteiger partial charge >= 0.3 is 0 Å². The molecule has 2 amide bonds. The minimum absolute atomic E-state index is 0.0497. The fourth-order valence-corrected chi connectivity index (χ4v) is 3.35. The van der Waals surface area contributed by atoms with Crippen LogP contribution in [0.25, 0.3) is 5.65 Å². The number of imidazole rings is 1. The van der Waals surface area contributed by atoms with E-state index in [0.717, 1.165) is 12.8 Å². The standard InChI is InChI=1S/C21H28N4O3/c1-4-5-7-15(2)12-20(26)23-19-9-6-8-18-22-17(13-25(18)19)21(27)24(3)16-10-11-28-14-16/h4-6,8-9,13,15-16H,7,10-12,14H2,1-3H3,(H,23,26)/b5-4-. The highest BCUT2D eigenvalue weighted by atomic mass is 16.5. The maximum atomic E-state index is 12.8. The van der Waals surface area contributed by atoms with Crippen LogP contribution in [0.5, 0.6) is 0 Å². The Hall–Kier alpha value is -2.67. The zero-order chi connectivity index (χ0) is 20.1. The number of ether oxygens (including phenoxy) is 1. The second kappa shape index (κ2) is 9.01. The van der Waals surface area contributed by atoms with E-state index in [1.54, 1.807) is 22.5 Å². The van der Waals surface area contributed by atoms with Crippen LogP contribution in [0, 0.1) is 5.92 Å². The fraction of sp³-hybridized carbons (Fsp3) is 0.476. The second-order valence-corrected chi connectivity index (χ2v) is 7.36. The van der Waals surface area contributed by atoms with Crippen molar-refractivity contribution in [3.8, 4) is 0 Å². The summed E-state index contributed by atoms with van der Waals surface area (Å²) in [6.45, 7) is 5.26.